The molecule has 4 nitrogen and oxygen atoms in total. The van der Waals surface area contributed by atoms with Gasteiger partial charge in [0, 0.05) is 7.05 Å². The Hall–Kier alpha value is -1.72. The van der Waals surface area contributed by atoms with Gasteiger partial charge >= 0.3 is 0 Å². The second-order valence-electron chi connectivity index (χ2n) is 4.44. The third kappa shape index (κ3) is 2.05. The van der Waals surface area contributed by atoms with Crippen molar-refractivity contribution in [1.82, 2.24) is 15.0 Å². The lowest BCUT2D eigenvalue weighted by Crippen LogP contribution is -2.16. The Morgan fingerprint density at radius 1 is 1.16 bits per heavy atom. The summed E-state index contributed by atoms with van der Waals surface area (Å²) >= 11 is 3.40. The minimum absolute atomic E-state index is 0.263. The van der Waals surface area contributed by atoms with Crippen molar-refractivity contribution >= 4 is 26.7 Å². The van der Waals surface area contributed by atoms with E-state index in [1.165, 1.54) is 5.39 Å². The second-order valence-corrected chi connectivity index (χ2v) is 5.19. The van der Waals surface area contributed by atoms with E-state index < -0.39 is 0 Å². The summed E-state index contributed by atoms with van der Waals surface area (Å²) in [5, 5.41) is 10.3. The lowest BCUT2D eigenvalue weighted by atomic mass is 9.97. The van der Waals surface area contributed by atoms with Gasteiger partial charge in [-0.1, -0.05) is 47.7 Å². The summed E-state index contributed by atoms with van der Waals surface area (Å²) in [6.45, 7) is 0. The quantitative estimate of drug-likeness (QED) is 0.791. The van der Waals surface area contributed by atoms with Crippen LogP contribution in [0.4, 0.5) is 0 Å². The average molecular weight is 317 g/mol. The van der Waals surface area contributed by atoms with Crippen LogP contribution in [0, 0.1) is 0 Å². The first-order valence-electron chi connectivity index (χ1n) is 5.97. The molecule has 96 valence electrons. The van der Waals surface area contributed by atoms with E-state index in [9.17, 15) is 0 Å². The van der Waals surface area contributed by atoms with Crippen molar-refractivity contribution in [2.75, 3.05) is 0 Å². The van der Waals surface area contributed by atoms with Crippen molar-refractivity contribution in [3.8, 4) is 0 Å². The third-order valence-corrected chi connectivity index (χ3v) is 3.84. The number of benzene rings is 2. The molecule has 0 amide bonds. The zero-order chi connectivity index (χ0) is 13.4. The topological polar surface area (TPSA) is 56.7 Å². The summed E-state index contributed by atoms with van der Waals surface area (Å²) in [4.78, 5) is 0. The lowest BCUT2D eigenvalue weighted by Gasteiger charge is -2.15. The van der Waals surface area contributed by atoms with Crippen LogP contribution >= 0.6 is 15.9 Å². The Balaban J connectivity index is 2.20. The monoisotopic (exact) mass is 316 g/mol. The summed E-state index contributed by atoms with van der Waals surface area (Å²) in [5.74, 6) is 0. The number of hydrogen-bond acceptors (Lipinski definition) is 3. The first-order chi connectivity index (χ1) is 9.18. The van der Waals surface area contributed by atoms with Gasteiger partial charge in [0.2, 0.25) is 0 Å². The largest absolute Gasteiger partial charge is 0.319 e. The molecule has 1 unspecified atom stereocenters. The fraction of sp³-hybridized carbons (Fsp3) is 0.143. The van der Waals surface area contributed by atoms with E-state index in [0.29, 0.717) is 4.60 Å². The molecule has 2 aromatic carbocycles. The number of aryl methyl sites for hydroxylation is 1. The average Bonchev–Trinajstić information content (AvgIpc) is 2.77. The van der Waals surface area contributed by atoms with Crippen molar-refractivity contribution < 1.29 is 0 Å². The summed E-state index contributed by atoms with van der Waals surface area (Å²) in [7, 11) is 1.85. The molecule has 5 heteroatoms. The molecule has 0 aliphatic rings. The van der Waals surface area contributed by atoms with Gasteiger partial charge in [0.25, 0.3) is 0 Å². The molecule has 3 rings (SSSR count). The molecule has 19 heavy (non-hydrogen) atoms. The van der Waals surface area contributed by atoms with E-state index in [1.54, 1.807) is 4.68 Å². The molecule has 0 radical (unpaired) electrons. The van der Waals surface area contributed by atoms with Crippen LogP contribution in [0.5, 0.6) is 0 Å². The van der Waals surface area contributed by atoms with Crippen molar-refractivity contribution in [2.24, 2.45) is 12.8 Å². The molecule has 0 aliphatic carbocycles. The van der Waals surface area contributed by atoms with Gasteiger partial charge in [0.15, 0.2) is 4.60 Å². The first-order valence-corrected chi connectivity index (χ1v) is 6.76. The van der Waals surface area contributed by atoms with E-state index >= 15 is 0 Å². The number of nitrogens with zero attached hydrogens (tertiary/aromatic N) is 3. The van der Waals surface area contributed by atoms with E-state index in [2.05, 4.69) is 44.4 Å². The van der Waals surface area contributed by atoms with Crippen LogP contribution in [-0.2, 0) is 7.05 Å². The van der Waals surface area contributed by atoms with Crippen LogP contribution in [0.15, 0.2) is 47.1 Å². The highest BCUT2D eigenvalue weighted by atomic mass is 79.9. The molecule has 0 saturated carbocycles. The maximum Gasteiger partial charge on any atom is 0.153 e. The van der Waals surface area contributed by atoms with Crippen LogP contribution in [0.1, 0.15) is 17.3 Å². The van der Waals surface area contributed by atoms with E-state index in [1.807, 2.05) is 31.3 Å². The van der Waals surface area contributed by atoms with Crippen molar-refractivity contribution in [1.29, 1.82) is 0 Å². The van der Waals surface area contributed by atoms with Gasteiger partial charge in [-0.3, -0.25) is 0 Å². The van der Waals surface area contributed by atoms with Gasteiger partial charge in [-0.2, -0.15) is 0 Å². The Morgan fingerprint density at radius 2 is 1.89 bits per heavy atom. The number of aromatic nitrogens is 3. The van der Waals surface area contributed by atoms with E-state index in [4.69, 9.17) is 5.73 Å². The van der Waals surface area contributed by atoms with Crippen molar-refractivity contribution in [3.63, 3.8) is 0 Å². The highest BCUT2D eigenvalue weighted by molar-refractivity contribution is 9.10. The van der Waals surface area contributed by atoms with Crippen LogP contribution in [0.3, 0.4) is 0 Å². The molecular weight excluding hydrogens is 304 g/mol. The first kappa shape index (κ1) is 12.3. The highest BCUT2D eigenvalue weighted by Crippen LogP contribution is 2.29. The summed E-state index contributed by atoms with van der Waals surface area (Å²) in [6, 6.07) is 14.1. The van der Waals surface area contributed by atoms with Gasteiger partial charge in [0.1, 0.15) is 0 Å². The highest BCUT2D eigenvalue weighted by Gasteiger charge is 2.19. The summed E-state index contributed by atoms with van der Waals surface area (Å²) in [6.07, 6.45) is 0. The molecule has 0 saturated heterocycles. The molecule has 0 aliphatic heterocycles. The van der Waals surface area contributed by atoms with Gasteiger partial charge in [-0.05, 0) is 32.3 Å². The van der Waals surface area contributed by atoms with Gasteiger partial charge < -0.3 is 5.73 Å². The maximum atomic E-state index is 6.40. The fourth-order valence-corrected chi connectivity index (χ4v) is 2.91. The minimum Gasteiger partial charge on any atom is -0.319 e. The van der Waals surface area contributed by atoms with Crippen LogP contribution in [-0.4, -0.2) is 15.0 Å². The zero-order valence-corrected chi connectivity index (χ0v) is 12.0. The van der Waals surface area contributed by atoms with Crippen LogP contribution in [0.25, 0.3) is 10.8 Å². The molecule has 1 aromatic heterocycles. The Morgan fingerprint density at radius 3 is 2.63 bits per heavy atom. The van der Waals surface area contributed by atoms with Crippen molar-refractivity contribution in [3.05, 3.63) is 58.3 Å². The van der Waals surface area contributed by atoms with Crippen LogP contribution < -0.4 is 5.73 Å². The van der Waals surface area contributed by atoms with Gasteiger partial charge in [-0.15, -0.1) is 5.10 Å². The molecule has 1 atom stereocenters. The summed E-state index contributed by atoms with van der Waals surface area (Å²) in [5.41, 5.74) is 8.34. The van der Waals surface area contributed by atoms with Gasteiger partial charge in [0.05, 0.1) is 11.7 Å². The Labute approximate surface area is 119 Å². The van der Waals surface area contributed by atoms with Gasteiger partial charge in [-0.25, -0.2) is 4.68 Å². The number of rotatable bonds is 2. The maximum absolute atomic E-state index is 6.40. The Kier molecular flexibility index (Phi) is 3.08. The smallest absolute Gasteiger partial charge is 0.153 e. The second kappa shape index (κ2) is 4.75. The lowest BCUT2D eigenvalue weighted by molar-refractivity contribution is 0.652. The predicted octanol–water partition coefficient (Wildman–Crippen LogP) is 2.78. The number of halogens is 1. The molecular formula is C14H13BrN4. The third-order valence-electron chi connectivity index (χ3n) is 3.28. The molecule has 0 spiro atoms. The number of nitrogens with two attached hydrogens (primary N) is 1. The van der Waals surface area contributed by atoms with Crippen LogP contribution in [0.2, 0.25) is 0 Å². The molecule has 1 heterocycles. The molecule has 0 fully saturated rings. The normalized spacial score (nSPS) is 12.8. The molecule has 3 aromatic rings. The summed E-state index contributed by atoms with van der Waals surface area (Å²) < 4.78 is 2.40. The van der Waals surface area contributed by atoms with E-state index in [0.717, 1.165) is 16.6 Å². The minimum atomic E-state index is -0.263. The number of fused-ring (bicyclic) bond motifs is 1. The Bertz CT molecular complexity index is 710. The molecule has 2 N–H and O–H groups in total. The molecule has 0 bridgehead atoms. The fourth-order valence-electron chi connectivity index (χ4n) is 2.34. The SMILES string of the molecule is Cn1nnc(Br)c1C(N)c1cccc2ccccc12. The zero-order valence-electron chi connectivity index (χ0n) is 10.4. The standard InChI is InChI=1S/C14H13BrN4/c1-19-13(14(15)17-18-19)12(16)11-8-4-6-9-5-2-3-7-10(9)11/h2-8,12H,16H2,1H3. The number of hydrogen-bond donors (Lipinski definition) is 1. The predicted molar refractivity (Wildman–Crippen MR) is 78.7 cm³/mol. The van der Waals surface area contributed by atoms with E-state index in [-0.39, 0.29) is 6.04 Å². The van der Waals surface area contributed by atoms with Crippen molar-refractivity contribution in [2.45, 2.75) is 6.04 Å².